The largest absolute Gasteiger partial charge is 0.493 e. The quantitative estimate of drug-likeness (QED) is 0.166. The molecule has 4 aromatic rings. The van der Waals surface area contributed by atoms with E-state index in [1.54, 1.807) is 24.3 Å². The van der Waals surface area contributed by atoms with Crippen LogP contribution >= 0.6 is 0 Å². The summed E-state index contributed by atoms with van der Waals surface area (Å²) < 4.78 is 29.8. The summed E-state index contributed by atoms with van der Waals surface area (Å²) in [5.41, 5.74) is 6.44. The Morgan fingerprint density at radius 1 is 1.00 bits per heavy atom. The molecule has 4 rings (SSSR count). The summed E-state index contributed by atoms with van der Waals surface area (Å²) in [5, 5.41) is 4.00. The van der Waals surface area contributed by atoms with Gasteiger partial charge in [0, 0.05) is 22.6 Å². The number of methoxy groups -OCH3 is 2. The third kappa shape index (κ3) is 6.43. The Kier molecular flexibility index (Phi) is 8.59. The van der Waals surface area contributed by atoms with E-state index < -0.39 is 5.91 Å². The second kappa shape index (κ2) is 12.4. The number of ether oxygens (including phenoxy) is 4. The van der Waals surface area contributed by atoms with Crippen molar-refractivity contribution in [3.63, 3.8) is 0 Å². The number of terminal acetylenes is 1. The van der Waals surface area contributed by atoms with Gasteiger partial charge in [0.15, 0.2) is 17.3 Å². The fourth-order valence-corrected chi connectivity index (χ4v) is 3.95. The molecule has 0 aliphatic carbocycles. The van der Waals surface area contributed by atoms with Gasteiger partial charge in [-0.25, -0.2) is 5.43 Å². The summed E-state index contributed by atoms with van der Waals surface area (Å²) in [6, 6.07) is 18.6. The lowest BCUT2D eigenvalue weighted by atomic mass is 10.2. The molecule has 0 spiro atoms. The van der Waals surface area contributed by atoms with E-state index in [-0.39, 0.29) is 19.0 Å². The molecule has 0 radical (unpaired) electrons. The second-order valence-electron chi connectivity index (χ2n) is 8.45. The Labute approximate surface area is 226 Å². The van der Waals surface area contributed by atoms with Crippen molar-refractivity contribution in [2.24, 2.45) is 5.10 Å². The minimum Gasteiger partial charge on any atom is -0.493 e. The van der Waals surface area contributed by atoms with E-state index in [1.807, 2.05) is 24.3 Å². The van der Waals surface area contributed by atoms with Gasteiger partial charge in [-0.3, -0.25) is 4.79 Å². The van der Waals surface area contributed by atoms with Gasteiger partial charge in [0.1, 0.15) is 24.7 Å². The van der Waals surface area contributed by atoms with Crippen LogP contribution in [0.25, 0.3) is 5.69 Å². The predicted molar refractivity (Wildman–Crippen MR) is 147 cm³/mol. The Hall–Kier alpha value is -5.10. The minimum absolute atomic E-state index is 0.0620. The molecule has 200 valence electrons. The number of amides is 1. The highest BCUT2D eigenvalue weighted by Crippen LogP contribution is 2.38. The zero-order chi connectivity index (χ0) is 27.8. The molecule has 2 aromatic carbocycles. The number of furan rings is 1. The van der Waals surface area contributed by atoms with Gasteiger partial charge in [-0.15, -0.1) is 6.42 Å². The molecule has 0 unspecified atom stereocenters. The molecule has 9 nitrogen and oxygen atoms in total. The lowest BCUT2D eigenvalue weighted by Crippen LogP contribution is -2.16. The smallest absolute Gasteiger partial charge is 0.307 e. The fourth-order valence-electron chi connectivity index (χ4n) is 3.95. The molecule has 0 atom stereocenters. The summed E-state index contributed by atoms with van der Waals surface area (Å²) in [4.78, 5) is 12.5. The zero-order valence-corrected chi connectivity index (χ0v) is 22.2. The van der Waals surface area contributed by atoms with Crippen LogP contribution in [0.5, 0.6) is 23.0 Å². The standard InChI is InChI=1S/C30H29N3O6/c1-6-15-37-29-27(35-4)16-22(17-28(29)36-5)18-31-32-30(34)26-14-13-25(39-26)19-38-24-11-9-23(10-12-24)33-20(2)7-8-21(33)3/h1,7-14,16-18H,15,19H2,2-5H3,(H,32,34)/b31-18+. The number of aromatic nitrogens is 1. The van der Waals surface area contributed by atoms with Crippen molar-refractivity contribution in [2.75, 3.05) is 20.8 Å². The number of hydrogen-bond acceptors (Lipinski definition) is 7. The molecule has 1 N–H and O–H groups in total. The van der Waals surface area contributed by atoms with E-state index in [1.165, 1.54) is 20.4 Å². The van der Waals surface area contributed by atoms with Crippen LogP contribution < -0.4 is 24.4 Å². The average molecular weight is 528 g/mol. The van der Waals surface area contributed by atoms with Crippen LogP contribution in [0.15, 0.2) is 70.2 Å². The third-order valence-electron chi connectivity index (χ3n) is 5.80. The highest BCUT2D eigenvalue weighted by Gasteiger charge is 2.14. The van der Waals surface area contributed by atoms with Crippen molar-refractivity contribution in [2.45, 2.75) is 20.5 Å². The Bertz CT molecular complexity index is 1460. The number of nitrogens with one attached hydrogen (secondary N) is 1. The summed E-state index contributed by atoms with van der Waals surface area (Å²) in [6.07, 6.45) is 6.72. The zero-order valence-electron chi connectivity index (χ0n) is 22.2. The number of benzene rings is 2. The van der Waals surface area contributed by atoms with Gasteiger partial charge in [0.25, 0.3) is 0 Å². The predicted octanol–water partition coefficient (Wildman–Crippen LogP) is 5.06. The minimum atomic E-state index is -0.507. The number of aryl methyl sites for hydroxylation is 2. The van der Waals surface area contributed by atoms with Crippen LogP contribution in [-0.4, -0.2) is 37.5 Å². The highest BCUT2D eigenvalue weighted by atomic mass is 16.5. The van der Waals surface area contributed by atoms with Crippen LogP contribution in [0.3, 0.4) is 0 Å². The molecule has 0 bridgehead atoms. The summed E-state index contributed by atoms with van der Waals surface area (Å²) in [5.74, 6) is 4.40. The van der Waals surface area contributed by atoms with Gasteiger partial charge in [-0.05, 0) is 74.5 Å². The van der Waals surface area contributed by atoms with Crippen molar-refractivity contribution in [3.05, 3.63) is 89.1 Å². The molecule has 0 saturated carbocycles. The number of nitrogens with zero attached hydrogens (tertiary/aromatic N) is 2. The second-order valence-corrected chi connectivity index (χ2v) is 8.45. The molecular weight excluding hydrogens is 498 g/mol. The monoisotopic (exact) mass is 527 g/mol. The van der Waals surface area contributed by atoms with Crippen molar-refractivity contribution >= 4 is 12.1 Å². The number of hydrogen-bond donors (Lipinski definition) is 1. The molecule has 2 aromatic heterocycles. The van der Waals surface area contributed by atoms with E-state index in [9.17, 15) is 4.79 Å². The first-order valence-corrected chi connectivity index (χ1v) is 12.1. The summed E-state index contributed by atoms with van der Waals surface area (Å²) >= 11 is 0. The van der Waals surface area contributed by atoms with E-state index in [2.05, 4.69) is 47.0 Å². The number of carbonyl (C=O) groups is 1. The van der Waals surface area contributed by atoms with Crippen LogP contribution in [0.4, 0.5) is 0 Å². The lowest BCUT2D eigenvalue weighted by molar-refractivity contribution is 0.0923. The van der Waals surface area contributed by atoms with Crippen molar-refractivity contribution in [1.82, 2.24) is 9.99 Å². The lowest BCUT2D eigenvalue weighted by Gasteiger charge is -2.13. The van der Waals surface area contributed by atoms with Crippen molar-refractivity contribution < 1.29 is 28.2 Å². The molecule has 9 heteroatoms. The Morgan fingerprint density at radius 2 is 1.67 bits per heavy atom. The molecule has 39 heavy (non-hydrogen) atoms. The van der Waals surface area contributed by atoms with E-state index in [4.69, 9.17) is 29.8 Å². The van der Waals surface area contributed by atoms with Crippen LogP contribution in [0.2, 0.25) is 0 Å². The van der Waals surface area contributed by atoms with Gasteiger partial charge in [0.05, 0.1) is 20.4 Å². The first kappa shape index (κ1) is 26.9. The van der Waals surface area contributed by atoms with E-state index in [0.717, 1.165) is 17.1 Å². The van der Waals surface area contributed by atoms with E-state index in [0.29, 0.717) is 34.3 Å². The molecule has 0 fully saturated rings. The van der Waals surface area contributed by atoms with Crippen molar-refractivity contribution in [1.29, 1.82) is 0 Å². The van der Waals surface area contributed by atoms with Gasteiger partial charge in [0.2, 0.25) is 5.75 Å². The van der Waals surface area contributed by atoms with Gasteiger partial charge >= 0.3 is 5.91 Å². The van der Waals surface area contributed by atoms with E-state index >= 15 is 0 Å². The fraction of sp³-hybridized carbons (Fsp3) is 0.200. The number of hydrazone groups is 1. The Balaban J connectivity index is 1.34. The summed E-state index contributed by atoms with van der Waals surface area (Å²) in [7, 11) is 3.00. The maximum Gasteiger partial charge on any atom is 0.307 e. The molecule has 0 aliphatic rings. The first-order chi connectivity index (χ1) is 18.9. The number of carbonyl (C=O) groups excluding carboxylic acids is 1. The average Bonchev–Trinajstić information content (AvgIpc) is 3.56. The van der Waals surface area contributed by atoms with Gasteiger partial charge in [-0.2, -0.15) is 5.10 Å². The third-order valence-corrected chi connectivity index (χ3v) is 5.80. The topological polar surface area (TPSA) is 96.5 Å². The van der Waals surface area contributed by atoms with Crippen LogP contribution in [0, 0.1) is 26.2 Å². The van der Waals surface area contributed by atoms with Crippen molar-refractivity contribution in [3.8, 4) is 41.0 Å². The summed E-state index contributed by atoms with van der Waals surface area (Å²) in [6.45, 7) is 4.37. The van der Waals surface area contributed by atoms with Crippen LogP contribution in [-0.2, 0) is 6.61 Å². The van der Waals surface area contributed by atoms with Gasteiger partial charge < -0.3 is 27.9 Å². The molecule has 2 heterocycles. The maximum atomic E-state index is 12.5. The molecular formula is C30H29N3O6. The highest BCUT2D eigenvalue weighted by molar-refractivity contribution is 5.92. The molecule has 1 amide bonds. The maximum absolute atomic E-state index is 12.5. The van der Waals surface area contributed by atoms with Gasteiger partial charge in [-0.1, -0.05) is 5.92 Å². The molecule has 0 saturated heterocycles. The normalized spacial score (nSPS) is 10.7. The number of rotatable bonds is 11. The Morgan fingerprint density at radius 3 is 2.28 bits per heavy atom. The molecule has 0 aliphatic heterocycles. The SMILES string of the molecule is C#CCOc1c(OC)cc(/C=N/NC(=O)c2ccc(COc3ccc(-n4c(C)ccc4C)cc3)o2)cc1OC. The first-order valence-electron chi connectivity index (χ1n) is 12.1. The van der Waals surface area contributed by atoms with Crippen LogP contribution in [0.1, 0.15) is 33.3 Å².